The van der Waals surface area contributed by atoms with Crippen molar-refractivity contribution >= 4 is 23.2 Å². The molecule has 0 saturated carbocycles. The molecule has 140 valence electrons. The van der Waals surface area contributed by atoms with E-state index in [4.69, 9.17) is 27.9 Å². The van der Waals surface area contributed by atoms with Crippen molar-refractivity contribution < 1.29 is 4.74 Å². The Morgan fingerprint density at radius 3 is 2.48 bits per heavy atom. The molecule has 0 unspecified atom stereocenters. The molecule has 27 heavy (non-hydrogen) atoms. The summed E-state index contributed by atoms with van der Waals surface area (Å²) >= 11 is 12.7. The first-order valence-electron chi connectivity index (χ1n) is 8.83. The highest BCUT2D eigenvalue weighted by Crippen LogP contribution is 2.37. The second-order valence-electron chi connectivity index (χ2n) is 6.53. The van der Waals surface area contributed by atoms with Crippen molar-refractivity contribution in [2.24, 2.45) is 0 Å². The summed E-state index contributed by atoms with van der Waals surface area (Å²) in [5.41, 5.74) is 3.72. The molecule has 0 fully saturated rings. The van der Waals surface area contributed by atoms with Crippen LogP contribution in [0.25, 0.3) is 22.4 Å². The quantitative estimate of drug-likeness (QED) is 0.451. The predicted octanol–water partition coefficient (Wildman–Crippen LogP) is 6.05. The van der Waals surface area contributed by atoms with Crippen LogP contribution in [0.15, 0.2) is 60.8 Å². The average Bonchev–Trinajstić information content (AvgIpc) is 2.67. The van der Waals surface area contributed by atoms with Gasteiger partial charge in [-0.3, -0.25) is 4.98 Å². The van der Waals surface area contributed by atoms with Gasteiger partial charge in [0.15, 0.2) is 0 Å². The number of pyridine rings is 1. The van der Waals surface area contributed by atoms with Gasteiger partial charge in [0.1, 0.15) is 5.75 Å². The number of halogens is 2. The fourth-order valence-corrected chi connectivity index (χ4v) is 3.27. The van der Waals surface area contributed by atoms with E-state index in [-0.39, 0.29) is 0 Å². The Bertz CT molecular complexity index is 912. The first-order chi connectivity index (χ1) is 13.1. The van der Waals surface area contributed by atoms with Crippen LogP contribution in [0.3, 0.4) is 0 Å². The number of nitrogens with zero attached hydrogens (tertiary/aromatic N) is 2. The van der Waals surface area contributed by atoms with Gasteiger partial charge in [-0.1, -0.05) is 53.5 Å². The molecule has 0 aliphatic heterocycles. The minimum Gasteiger partial charge on any atom is -0.492 e. The van der Waals surface area contributed by atoms with E-state index >= 15 is 0 Å². The molecule has 0 bridgehead atoms. The second kappa shape index (κ2) is 9.23. The normalized spacial score (nSPS) is 11.0. The molecule has 2 aromatic carbocycles. The van der Waals surface area contributed by atoms with Crippen LogP contribution in [0.5, 0.6) is 5.75 Å². The van der Waals surface area contributed by atoms with Crippen LogP contribution in [0.2, 0.25) is 10.0 Å². The van der Waals surface area contributed by atoms with E-state index in [1.165, 1.54) is 0 Å². The fraction of sp³-hybridized carbons (Fsp3) is 0.227. The van der Waals surface area contributed by atoms with Crippen LogP contribution >= 0.6 is 23.2 Å². The van der Waals surface area contributed by atoms with Crippen LogP contribution in [0.1, 0.15) is 6.42 Å². The molecule has 0 aliphatic carbocycles. The third kappa shape index (κ3) is 5.01. The van der Waals surface area contributed by atoms with Crippen molar-refractivity contribution in [3.63, 3.8) is 0 Å². The van der Waals surface area contributed by atoms with Crippen LogP contribution in [0.4, 0.5) is 0 Å². The molecule has 0 N–H and O–H groups in total. The topological polar surface area (TPSA) is 25.4 Å². The van der Waals surface area contributed by atoms with Crippen molar-refractivity contribution in [2.45, 2.75) is 6.42 Å². The highest BCUT2D eigenvalue weighted by atomic mass is 35.5. The Labute approximate surface area is 170 Å². The number of hydrogen-bond acceptors (Lipinski definition) is 3. The number of rotatable bonds is 7. The van der Waals surface area contributed by atoms with Gasteiger partial charge in [0, 0.05) is 34.5 Å². The second-order valence-corrected chi connectivity index (χ2v) is 7.34. The highest BCUT2D eigenvalue weighted by molar-refractivity contribution is 6.33. The molecule has 3 rings (SSSR count). The van der Waals surface area contributed by atoms with Gasteiger partial charge < -0.3 is 9.64 Å². The van der Waals surface area contributed by atoms with Gasteiger partial charge in [0.2, 0.25) is 0 Å². The molecule has 0 amide bonds. The smallest absolute Gasteiger partial charge is 0.138 e. The molecule has 1 aromatic heterocycles. The van der Waals surface area contributed by atoms with E-state index in [0.717, 1.165) is 35.3 Å². The van der Waals surface area contributed by atoms with Crippen LogP contribution in [0, 0.1) is 0 Å². The van der Waals surface area contributed by atoms with E-state index in [1.54, 1.807) is 6.20 Å². The van der Waals surface area contributed by atoms with E-state index in [1.807, 2.05) is 68.7 Å². The van der Waals surface area contributed by atoms with Crippen molar-refractivity contribution in [1.82, 2.24) is 9.88 Å². The molecule has 0 atom stereocenters. The van der Waals surface area contributed by atoms with Gasteiger partial charge in [0.05, 0.1) is 17.3 Å². The first kappa shape index (κ1) is 19.7. The summed E-state index contributed by atoms with van der Waals surface area (Å²) in [6, 6.07) is 17.5. The molecule has 0 aliphatic rings. The van der Waals surface area contributed by atoms with E-state index < -0.39 is 0 Å². The van der Waals surface area contributed by atoms with Gasteiger partial charge in [-0.2, -0.15) is 0 Å². The van der Waals surface area contributed by atoms with Gasteiger partial charge in [0.25, 0.3) is 0 Å². The maximum atomic E-state index is 6.41. The lowest BCUT2D eigenvalue weighted by Gasteiger charge is -2.14. The molecule has 1 heterocycles. The summed E-state index contributed by atoms with van der Waals surface area (Å²) in [6.07, 6.45) is 2.71. The number of aromatic nitrogens is 1. The molecule has 3 aromatic rings. The maximum absolute atomic E-state index is 6.41. The van der Waals surface area contributed by atoms with Crippen molar-refractivity contribution in [2.75, 3.05) is 27.2 Å². The van der Waals surface area contributed by atoms with Crippen LogP contribution in [-0.4, -0.2) is 37.1 Å². The standard InChI is InChI=1S/C22H22Cl2N2O/c1-26(2)13-6-14-27-21-15-16(10-11-20(21)24)22-18(8-5-12-25-22)17-7-3-4-9-19(17)23/h3-5,7-12,15H,6,13-14H2,1-2H3. The monoisotopic (exact) mass is 400 g/mol. The predicted molar refractivity (Wildman–Crippen MR) is 114 cm³/mol. The van der Waals surface area contributed by atoms with Gasteiger partial charge in [-0.05, 0) is 44.8 Å². The summed E-state index contributed by atoms with van der Waals surface area (Å²) < 4.78 is 5.91. The van der Waals surface area contributed by atoms with Gasteiger partial charge >= 0.3 is 0 Å². The summed E-state index contributed by atoms with van der Waals surface area (Å²) in [4.78, 5) is 6.72. The summed E-state index contributed by atoms with van der Waals surface area (Å²) in [6.45, 7) is 1.58. The Morgan fingerprint density at radius 1 is 0.926 bits per heavy atom. The van der Waals surface area contributed by atoms with E-state index in [0.29, 0.717) is 22.4 Å². The zero-order valence-corrected chi connectivity index (χ0v) is 17.0. The first-order valence-corrected chi connectivity index (χ1v) is 9.59. The molecule has 0 radical (unpaired) electrons. The molecular weight excluding hydrogens is 379 g/mol. The Balaban J connectivity index is 1.91. The minimum atomic E-state index is 0.596. The Hall–Kier alpha value is -2.07. The maximum Gasteiger partial charge on any atom is 0.138 e. The summed E-state index contributed by atoms with van der Waals surface area (Å²) in [7, 11) is 4.09. The number of hydrogen-bond donors (Lipinski definition) is 0. The number of benzene rings is 2. The molecule has 3 nitrogen and oxygen atoms in total. The van der Waals surface area contributed by atoms with Crippen molar-refractivity contribution in [3.8, 4) is 28.1 Å². The lowest BCUT2D eigenvalue weighted by molar-refractivity contribution is 0.282. The summed E-state index contributed by atoms with van der Waals surface area (Å²) in [5.74, 6) is 0.670. The van der Waals surface area contributed by atoms with Gasteiger partial charge in [-0.25, -0.2) is 0 Å². The fourth-order valence-electron chi connectivity index (χ4n) is 2.86. The van der Waals surface area contributed by atoms with Crippen LogP contribution < -0.4 is 4.74 Å². The molecule has 5 heteroatoms. The zero-order valence-electron chi connectivity index (χ0n) is 15.5. The SMILES string of the molecule is CN(C)CCCOc1cc(-c2ncccc2-c2ccccc2Cl)ccc1Cl. The number of ether oxygens (including phenoxy) is 1. The largest absolute Gasteiger partial charge is 0.492 e. The van der Waals surface area contributed by atoms with Crippen molar-refractivity contribution in [1.29, 1.82) is 0 Å². The zero-order chi connectivity index (χ0) is 19.2. The van der Waals surface area contributed by atoms with Gasteiger partial charge in [-0.15, -0.1) is 0 Å². The van der Waals surface area contributed by atoms with E-state index in [9.17, 15) is 0 Å². The molecule has 0 spiro atoms. The Morgan fingerprint density at radius 2 is 1.70 bits per heavy atom. The summed E-state index contributed by atoms with van der Waals surface area (Å²) in [5, 5.41) is 1.29. The Kier molecular flexibility index (Phi) is 6.73. The molecule has 0 saturated heterocycles. The average molecular weight is 401 g/mol. The van der Waals surface area contributed by atoms with Crippen LogP contribution in [-0.2, 0) is 0 Å². The lowest BCUT2D eigenvalue weighted by Crippen LogP contribution is -2.15. The third-order valence-corrected chi connectivity index (χ3v) is 4.83. The highest BCUT2D eigenvalue weighted by Gasteiger charge is 2.13. The van der Waals surface area contributed by atoms with E-state index in [2.05, 4.69) is 9.88 Å². The lowest BCUT2D eigenvalue weighted by atomic mass is 9.99. The molecular formula is C22H22Cl2N2O. The van der Waals surface area contributed by atoms with Crippen molar-refractivity contribution in [3.05, 3.63) is 70.8 Å². The third-order valence-electron chi connectivity index (χ3n) is 4.18. The minimum absolute atomic E-state index is 0.596.